The first-order valence-electron chi connectivity index (χ1n) is 4.78. The number of rotatable bonds is 5. The standard InChI is InChI=1S/C9H14ClN3O2/c1-6(2)9-12-7(13-15-9)3-4-11-8(14)5-10/h6H,3-5H2,1-2H3,(H,11,14). The molecule has 0 aliphatic rings. The second kappa shape index (κ2) is 5.70. The van der Waals surface area contributed by atoms with E-state index >= 15 is 0 Å². The van der Waals surface area contributed by atoms with E-state index in [9.17, 15) is 4.79 Å². The van der Waals surface area contributed by atoms with E-state index in [0.29, 0.717) is 24.7 Å². The molecule has 0 saturated heterocycles. The van der Waals surface area contributed by atoms with Gasteiger partial charge in [-0.1, -0.05) is 19.0 Å². The largest absolute Gasteiger partial charge is 0.355 e. The maximum Gasteiger partial charge on any atom is 0.234 e. The Morgan fingerprint density at radius 2 is 2.33 bits per heavy atom. The molecule has 1 rings (SSSR count). The van der Waals surface area contributed by atoms with Gasteiger partial charge in [0.2, 0.25) is 11.8 Å². The van der Waals surface area contributed by atoms with Gasteiger partial charge in [0.05, 0.1) is 0 Å². The van der Waals surface area contributed by atoms with Crippen LogP contribution < -0.4 is 5.32 Å². The third kappa shape index (κ3) is 3.87. The number of hydrogen-bond donors (Lipinski definition) is 1. The van der Waals surface area contributed by atoms with E-state index < -0.39 is 0 Å². The fraction of sp³-hybridized carbons (Fsp3) is 0.667. The van der Waals surface area contributed by atoms with Crippen LogP contribution in [0.5, 0.6) is 0 Å². The predicted octanol–water partition coefficient (Wildman–Crippen LogP) is 1.09. The van der Waals surface area contributed by atoms with Crippen LogP contribution in [0, 0.1) is 0 Å². The molecule has 84 valence electrons. The van der Waals surface area contributed by atoms with Gasteiger partial charge in [-0.05, 0) is 0 Å². The van der Waals surface area contributed by atoms with Crippen molar-refractivity contribution in [3.63, 3.8) is 0 Å². The molecule has 0 bridgehead atoms. The maximum atomic E-state index is 10.8. The van der Waals surface area contributed by atoms with E-state index in [-0.39, 0.29) is 17.7 Å². The molecule has 0 radical (unpaired) electrons. The Morgan fingerprint density at radius 3 is 2.87 bits per heavy atom. The molecule has 15 heavy (non-hydrogen) atoms. The average molecular weight is 232 g/mol. The number of nitrogens with zero attached hydrogens (tertiary/aromatic N) is 2. The Morgan fingerprint density at radius 1 is 1.60 bits per heavy atom. The number of alkyl halides is 1. The van der Waals surface area contributed by atoms with E-state index in [1.165, 1.54) is 0 Å². The van der Waals surface area contributed by atoms with Crippen LogP contribution in [0.3, 0.4) is 0 Å². The van der Waals surface area contributed by atoms with E-state index in [4.69, 9.17) is 16.1 Å². The van der Waals surface area contributed by atoms with Crippen LogP contribution in [0.1, 0.15) is 31.5 Å². The highest BCUT2D eigenvalue weighted by molar-refractivity contribution is 6.27. The fourth-order valence-electron chi connectivity index (χ4n) is 0.964. The summed E-state index contributed by atoms with van der Waals surface area (Å²) in [6.45, 7) is 4.43. The van der Waals surface area contributed by atoms with Crippen LogP contribution in [0.15, 0.2) is 4.52 Å². The van der Waals surface area contributed by atoms with Gasteiger partial charge in [-0.3, -0.25) is 4.79 Å². The number of aromatic nitrogens is 2. The summed E-state index contributed by atoms with van der Waals surface area (Å²) < 4.78 is 5.01. The number of nitrogens with one attached hydrogen (secondary N) is 1. The molecule has 5 nitrogen and oxygen atoms in total. The number of amides is 1. The van der Waals surface area contributed by atoms with Crippen molar-refractivity contribution < 1.29 is 9.32 Å². The van der Waals surface area contributed by atoms with Gasteiger partial charge in [0.25, 0.3) is 0 Å². The summed E-state index contributed by atoms with van der Waals surface area (Å²) in [6.07, 6.45) is 0.554. The van der Waals surface area contributed by atoms with Crippen molar-refractivity contribution in [1.29, 1.82) is 0 Å². The molecule has 0 aliphatic carbocycles. The van der Waals surface area contributed by atoms with Crippen LogP contribution in [0.2, 0.25) is 0 Å². The minimum absolute atomic E-state index is 0.0243. The fourth-order valence-corrected chi connectivity index (χ4v) is 1.06. The monoisotopic (exact) mass is 231 g/mol. The number of carbonyl (C=O) groups excluding carboxylic acids is 1. The molecule has 0 fully saturated rings. The topological polar surface area (TPSA) is 68.0 Å². The highest BCUT2D eigenvalue weighted by Gasteiger charge is 2.09. The summed E-state index contributed by atoms with van der Waals surface area (Å²) in [7, 11) is 0. The minimum Gasteiger partial charge on any atom is -0.355 e. The molecule has 0 atom stereocenters. The van der Waals surface area contributed by atoms with E-state index in [0.717, 1.165) is 0 Å². The SMILES string of the molecule is CC(C)c1nc(CCNC(=O)CCl)no1. The Hall–Kier alpha value is -1.10. The smallest absolute Gasteiger partial charge is 0.234 e. The molecule has 0 saturated carbocycles. The molecule has 0 aliphatic heterocycles. The molecule has 0 spiro atoms. The van der Waals surface area contributed by atoms with Crippen molar-refractivity contribution in [2.24, 2.45) is 0 Å². The lowest BCUT2D eigenvalue weighted by Gasteiger charge is -1.98. The molecular weight excluding hydrogens is 218 g/mol. The molecular formula is C9H14ClN3O2. The summed E-state index contributed by atoms with van der Waals surface area (Å²) in [6, 6.07) is 0. The summed E-state index contributed by atoms with van der Waals surface area (Å²) in [5, 5.41) is 6.42. The predicted molar refractivity (Wildman–Crippen MR) is 55.8 cm³/mol. The highest BCUT2D eigenvalue weighted by Crippen LogP contribution is 2.10. The molecule has 1 heterocycles. The van der Waals surface area contributed by atoms with Crippen molar-refractivity contribution in [2.75, 3.05) is 12.4 Å². The molecule has 1 aromatic heterocycles. The lowest BCUT2D eigenvalue weighted by Crippen LogP contribution is -2.26. The third-order valence-corrected chi connectivity index (χ3v) is 2.01. The van der Waals surface area contributed by atoms with Gasteiger partial charge in [0.15, 0.2) is 5.82 Å². The quantitative estimate of drug-likeness (QED) is 0.771. The molecule has 6 heteroatoms. The molecule has 0 unspecified atom stereocenters. The summed E-state index contributed by atoms with van der Waals surface area (Å²) in [4.78, 5) is 15.0. The van der Waals surface area contributed by atoms with Crippen LogP contribution in [0.25, 0.3) is 0 Å². The number of hydrogen-bond acceptors (Lipinski definition) is 4. The number of carbonyl (C=O) groups is 1. The van der Waals surface area contributed by atoms with Crippen molar-refractivity contribution >= 4 is 17.5 Å². The van der Waals surface area contributed by atoms with Gasteiger partial charge in [-0.25, -0.2) is 0 Å². The van der Waals surface area contributed by atoms with E-state index in [2.05, 4.69) is 15.5 Å². The number of halogens is 1. The Balaban J connectivity index is 2.34. The first-order valence-corrected chi connectivity index (χ1v) is 5.32. The first-order chi connectivity index (χ1) is 7.13. The van der Waals surface area contributed by atoms with Gasteiger partial charge < -0.3 is 9.84 Å². The molecule has 1 amide bonds. The lowest BCUT2D eigenvalue weighted by molar-refractivity contribution is -0.118. The van der Waals surface area contributed by atoms with Gasteiger partial charge in [0, 0.05) is 18.9 Å². The molecule has 1 N–H and O–H groups in total. The normalized spacial score (nSPS) is 10.7. The Labute approximate surface area is 93.2 Å². The van der Waals surface area contributed by atoms with Crippen LogP contribution in [-0.4, -0.2) is 28.5 Å². The van der Waals surface area contributed by atoms with Crippen LogP contribution >= 0.6 is 11.6 Å². The van der Waals surface area contributed by atoms with Gasteiger partial charge in [0.1, 0.15) is 5.88 Å². The summed E-state index contributed by atoms with van der Waals surface area (Å²) in [5.74, 6) is 1.24. The van der Waals surface area contributed by atoms with Gasteiger partial charge >= 0.3 is 0 Å². The second-order valence-electron chi connectivity index (χ2n) is 3.44. The van der Waals surface area contributed by atoms with Gasteiger partial charge in [-0.15, -0.1) is 11.6 Å². The maximum absolute atomic E-state index is 10.8. The van der Waals surface area contributed by atoms with Crippen molar-refractivity contribution in [1.82, 2.24) is 15.5 Å². The van der Waals surface area contributed by atoms with Gasteiger partial charge in [-0.2, -0.15) is 4.98 Å². The third-order valence-electron chi connectivity index (χ3n) is 1.77. The zero-order chi connectivity index (χ0) is 11.3. The van der Waals surface area contributed by atoms with Crippen molar-refractivity contribution in [3.05, 3.63) is 11.7 Å². The first kappa shape index (κ1) is 12.0. The van der Waals surface area contributed by atoms with E-state index in [1.807, 2.05) is 13.8 Å². The average Bonchev–Trinajstić information content (AvgIpc) is 2.66. The Bertz CT molecular complexity index is 325. The van der Waals surface area contributed by atoms with Crippen LogP contribution in [0.4, 0.5) is 0 Å². The summed E-state index contributed by atoms with van der Waals surface area (Å²) in [5.41, 5.74) is 0. The zero-order valence-corrected chi connectivity index (χ0v) is 9.54. The van der Waals surface area contributed by atoms with E-state index in [1.54, 1.807) is 0 Å². The second-order valence-corrected chi connectivity index (χ2v) is 3.70. The molecule has 1 aromatic rings. The lowest BCUT2D eigenvalue weighted by atomic mass is 10.2. The minimum atomic E-state index is -0.191. The zero-order valence-electron chi connectivity index (χ0n) is 8.79. The molecule has 0 aromatic carbocycles. The highest BCUT2D eigenvalue weighted by atomic mass is 35.5. The summed E-state index contributed by atoms with van der Waals surface area (Å²) >= 11 is 5.32. The van der Waals surface area contributed by atoms with Crippen molar-refractivity contribution in [3.8, 4) is 0 Å². The van der Waals surface area contributed by atoms with Crippen LogP contribution in [-0.2, 0) is 11.2 Å². The Kier molecular flexibility index (Phi) is 4.55. The van der Waals surface area contributed by atoms with Crippen molar-refractivity contribution in [2.45, 2.75) is 26.2 Å².